The van der Waals surface area contributed by atoms with Crippen LogP contribution in [0.1, 0.15) is 5.56 Å². The lowest BCUT2D eigenvalue weighted by atomic mass is 10.0. The van der Waals surface area contributed by atoms with Crippen molar-refractivity contribution in [2.75, 3.05) is 13.3 Å². The number of nitrogens with two attached hydrogens (primary N) is 1. The molecule has 5 heteroatoms. The van der Waals surface area contributed by atoms with Gasteiger partial charge in [-0.15, -0.1) is 0 Å². The summed E-state index contributed by atoms with van der Waals surface area (Å²) in [6.45, 7) is 3.43. The highest BCUT2D eigenvalue weighted by atomic mass is 31.2. The summed E-state index contributed by atoms with van der Waals surface area (Å²) in [5.41, 5.74) is 7.55. The molecule has 2 rings (SSSR count). The third-order valence-electron chi connectivity index (χ3n) is 3.48. The van der Waals surface area contributed by atoms with E-state index in [4.69, 9.17) is 11.0 Å². The maximum atomic E-state index is 14.1. The second-order valence-electron chi connectivity index (χ2n) is 5.64. The number of halogens is 1. The molecular formula is C17H18FN2OP. The highest BCUT2D eigenvalue weighted by Gasteiger charge is 2.12. The van der Waals surface area contributed by atoms with Crippen molar-refractivity contribution in [3.05, 3.63) is 53.8 Å². The number of nitriles is 1. The lowest BCUT2D eigenvalue weighted by Crippen LogP contribution is -2.20. The zero-order valence-electron chi connectivity index (χ0n) is 12.6. The molecule has 0 heterocycles. The molecule has 0 fully saturated rings. The molecule has 0 amide bonds. The number of nitrogens with zero attached hydrogens (tertiary/aromatic N) is 1. The van der Waals surface area contributed by atoms with Crippen molar-refractivity contribution in [2.24, 2.45) is 5.73 Å². The Morgan fingerprint density at radius 3 is 2.27 bits per heavy atom. The largest absolute Gasteiger partial charge is 0.319 e. The first kappa shape index (κ1) is 16.4. The number of benzene rings is 2. The number of hydrogen-bond donors (Lipinski definition) is 1. The van der Waals surface area contributed by atoms with E-state index in [9.17, 15) is 8.96 Å². The van der Waals surface area contributed by atoms with Crippen LogP contribution in [0.4, 0.5) is 4.39 Å². The molecular weight excluding hydrogens is 298 g/mol. The summed E-state index contributed by atoms with van der Waals surface area (Å²) in [5, 5.41) is 9.49. The molecule has 0 unspecified atom stereocenters. The van der Waals surface area contributed by atoms with Crippen LogP contribution in [0.2, 0.25) is 0 Å². The van der Waals surface area contributed by atoms with Crippen LogP contribution in [0.25, 0.3) is 11.1 Å². The van der Waals surface area contributed by atoms with Crippen LogP contribution in [0.5, 0.6) is 0 Å². The Morgan fingerprint density at radius 1 is 1.18 bits per heavy atom. The van der Waals surface area contributed by atoms with Gasteiger partial charge in [0.25, 0.3) is 0 Å². The Kier molecular flexibility index (Phi) is 4.81. The third-order valence-corrected chi connectivity index (χ3v) is 5.02. The van der Waals surface area contributed by atoms with E-state index in [-0.39, 0.29) is 12.2 Å². The fourth-order valence-corrected chi connectivity index (χ4v) is 3.05. The molecule has 0 aliphatic rings. The van der Waals surface area contributed by atoms with Gasteiger partial charge in [0.05, 0.1) is 12.1 Å². The maximum absolute atomic E-state index is 14.1. The average Bonchev–Trinajstić information content (AvgIpc) is 2.48. The first-order chi connectivity index (χ1) is 10.3. The van der Waals surface area contributed by atoms with Gasteiger partial charge in [-0.1, -0.05) is 36.4 Å². The monoisotopic (exact) mass is 316 g/mol. The van der Waals surface area contributed by atoms with Gasteiger partial charge in [-0.2, -0.15) is 5.26 Å². The Morgan fingerprint density at radius 2 is 1.77 bits per heavy atom. The molecule has 1 atom stereocenters. The van der Waals surface area contributed by atoms with E-state index in [0.29, 0.717) is 5.56 Å². The van der Waals surface area contributed by atoms with Crippen molar-refractivity contribution in [3.63, 3.8) is 0 Å². The second kappa shape index (κ2) is 6.44. The Hall–Kier alpha value is -1.95. The van der Waals surface area contributed by atoms with Gasteiger partial charge in [0.1, 0.15) is 13.0 Å². The van der Waals surface area contributed by atoms with Crippen molar-refractivity contribution in [2.45, 2.75) is 12.5 Å². The van der Waals surface area contributed by atoms with Crippen LogP contribution in [0, 0.1) is 17.1 Å². The van der Waals surface area contributed by atoms with E-state index < -0.39 is 13.2 Å². The first-order valence-corrected chi connectivity index (χ1v) is 9.51. The normalized spacial score (nSPS) is 12.7. The van der Waals surface area contributed by atoms with E-state index >= 15 is 0 Å². The molecule has 22 heavy (non-hydrogen) atoms. The zero-order valence-corrected chi connectivity index (χ0v) is 13.5. The minimum absolute atomic E-state index is 0.191. The molecule has 0 aliphatic carbocycles. The van der Waals surface area contributed by atoms with Crippen molar-refractivity contribution < 1.29 is 8.96 Å². The molecule has 114 valence electrons. The van der Waals surface area contributed by atoms with Crippen molar-refractivity contribution in [1.29, 1.82) is 5.26 Å². The predicted molar refractivity (Wildman–Crippen MR) is 88.2 cm³/mol. The second-order valence-corrected chi connectivity index (χ2v) is 8.86. The standard InChI is InChI=1S/C17H18FN2OP/c1-22(2,21)16-7-5-12(6-8-16)13-3-4-14(17(18)10-13)9-15(20)11-19/h3-8,10,15H,9,20H2,1-2H3/t15-/m0/s1. The van der Waals surface area contributed by atoms with Gasteiger partial charge in [-0.05, 0) is 36.1 Å². The SMILES string of the molecule is CP(C)(=O)c1ccc(-c2ccc(C[C@H](N)C#N)c(F)c2)cc1. The van der Waals surface area contributed by atoms with Gasteiger partial charge in [0.15, 0.2) is 0 Å². The van der Waals surface area contributed by atoms with Gasteiger partial charge < -0.3 is 10.3 Å². The average molecular weight is 316 g/mol. The molecule has 0 bridgehead atoms. The van der Waals surface area contributed by atoms with Gasteiger partial charge in [0.2, 0.25) is 0 Å². The van der Waals surface area contributed by atoms with Gasteiger partial charge in [-0.3, -0.25) is 0 Å². The quantitative estimate of drug-likeness (QED) is 0.881. The van der Waals surface area contributed by atoms with Crippen molar-refractivity contribution >= 4 is 12.4 Å². The van der Waals surface area contributed by atoms with Crippen LogP contribution < -0.4 is 11.0 Å². The molecule has 0 saturated carbocycles. The van der Waals surface area contributed by atoms with Crippen LogP contribution in [-0.4, -0.2) is 19.4 Å². The lowest BCUT2D eigenvalue weighted by molar-refractivity contribution is 0.588. The topological polar surface area (TPSA) is 66.9 Å². The zero-order chi connectivity index (χ0) is 16.3. The van der Waals surface area contributed by atoms with E-state index in [1.54, 1.807) is 25.5 Å². The summed E-state index contributed by atoms with van der Waals surface area (Å²) < 4.78 is 26.1. The molecule has 0 radical (unpaired) electrons. The predicted octanol–water partition coefficient (Wildman–Crippen LogP) is 3.13. The van der Waals surface area contributed by atoms with Crippen molar-refractivity contribution in [3.8, 4) is 17.2 Å². The number of hydrogen-bond acceptors (Lipinski definition) is 3. The summed E-state index contributed by atoms with van der Waals surface area (Å²) in [7, 11) is -2.28. The van der Waals surface area contributed by atoms with Crippen LogP contribution in [0.15, 0.2) is 42.5 Å². The highest BCUT2D eigenvalue weighted by Crippen LogP contribution is 2.35. The minimum Gasteiger partial charge on any atom is -0.319 e. The van der Waals surface area contributed by atoms with Crippen LogP contribution >= 0.6 is 7.14 Å². The fraction of sp³-hybridized carbons (Fsp3) is 0.235. The fourth-order valence-electron chi connectivity index (χ4n) is 2.19. The molecule has 0 saturated heterocycles. The van der Waals surface area contributed by atoms with Gasteiger partial charge in [-0.25, -0.2) is 4.39 Å². The summed E-state index contributed by atoms with van der Waals surface area (Å²) in [6, 6.07) is 13.4. The smallest absolute Gasteiger partial charge is 0.127 e. The first-order valence-electron chi connectivity index (χ1n) is 6.91. The molecule has 0 aliphatic heterocycles. The van der Waals surface area contributed by atoms with E-state index in [0.717, 1.165) is 16.4 Å². The summed E-state index contributed by atoms with van der Waals surface area (Å²) in [6.07, 6.45) is 0.191. The molecule has 0 spiro atoms. The molecule has 2 aromatic rings. The van der Waals surface area contributed by atoms with Crippen LogP contribution in [0.3, 0.4) is 0 Å². The molecule has 2 aromatic carbocycles. The van der Waals surface area contributed by atoms with Gasteiger partial charge in [0, 0.05) is 11.7 Å². The van der Waals surface area contributed by atoms with E-state index in [1.165, 1.54) is 6.07 Å². The van der Waals surface area contributed by atoms with E-state index in [2.05, 4.69) is 0 Å². The number of rotatable bonds is 4. The Bertz CT molecular complexity index is 759. The third kappa shape index (κ3) is 3.82. The molecule has 2 N–H and O–H groups in total. The van der Waals surface area contributed by atoms with E-state index in [1.807, 2.05) is 30.3 Å². The summed E-state index contributed by atoms with van der Waals surface area (Å²) >= 11 is 0. The van der Waals surface area contributed by atoms with Crippen LogP contribution in [-0.2, 0) is 11.0 Å². The maximum Gasteiger partial charge on any atom is 0.127 e. The van der Waals surface area contributed by atoms with Crippen molar-refractivity contribution in [1.82, 2.24) is 0 Å². The molecule has 0 aromatic heterocycles. The lowest BCUT2D eigenvalue weighted by Gasteiger charge is -2.10. The summed E-state index contributed by atoms with van der Waals surface area (Å²) in [5.74, 6) is -0.371. The van der Waals surface area contributed by atoms with Gasteiger partial charge >= 0.3 is 0 Å². The minimum atomic E-state index is -2.28. The summed E-state index contributed by atoms with van der Waals surface area (Å²) in [4.78, 5) is 0. The molecule has 3 nitrogen and oxygen atoms in total. The Labute approximate surface area is 130 Å². The highest BCUT2D eigenvalue weighted by molar-refractivity contribution is 7.70. The Balaban J connectivity index is 2.29.